The van der Waals surface area contributed by atoms with Crippen molar-refractivity contribution in [3.8, 4) is 0 Å². The van der Waals surface area contributed by atoms with E-state index in [1.165, 1.54) is 35.2 Å². The molecule has 1 aromatic carbocycles. The molecule has 0 saturated heterocycles. The molecule has 0 amide bonds. The average Bonchev–Trinajstić information content (AvgIpc) is 2.90. The summed E-state index contributed by atoms with van der Waals surface area (Å²) in [5, 5.41) is 0. The number of rotatable bonds is 3. The van der Waals surface area contributed by atoms with E-state index in [1.54, 1.807) is 0 Å². The molecule has 4 nitrogen and oxygen atoms in total. The summed E-state index contributed by atoms with van der Waals surface area (Å²) in [6, 6.07) is 11.1. The lowest BCUT2D eigenvalue weighted by Gasteiger charge is -2.32. The molecule has 3 aromatic rings. The minimum Gasteiger partial charge on any atom is -0.380 e. The average molecular weight is 316 g/mol. The van der Waals surface area contributed by atoms with Gasteiger partial charge in [0.05, 0.1) is 16.7 Å². The number of nitrogens with zero attached hydrogens (tertiary/aromatic N) is 4. The zero-order chi connectivity index (χ0) is 16.7. The van der Waals surface area contributed by atoms with Crippen molar-refractivity contribution in [3.63, 3.8) is 0 Å². The zero-order valence-electron chi connectivity index (χ0n) is 14.7. The van der Waals surface area contributed by atoms with Crippen LogP contribution in [0.2, 0.25) is 0 Å². The highest BCUT2D eigenvalue weighted by Gasteiger charge is 2.25. The summed E-state index contributed by atoms with van der Waals surface area (Å²) in [7, 11) is 4.31. The quantitative estimate of drug-likeness (QED) is 0.688. The molecule has 2 aromatic heterocycles. The fraction of sp³-hybridized carbons (Fsp3) is 0.333. The summed E-state index contributed by atoms with van der Waals surface area (Å²) >= 11 is 0. The summed E-state index contributed by atoms with van der Waals surface area (Å²) in [6.45, 7) is 2.97. The SMILES string of the molecule is BN(Cc1nc2ccc(C)cc2n1B)C1CCCc2cccnc21. The molecular weight excluding hydrogens is 294 g/mol. The summed E-state index contributed by atoms with van der Waals surface area (Å²) in [5.74, 6) is 1.11. The fourth-order valence-electron chi connectivity index (χ4n) is 3.84. The molecule has 0 aliphatic heterocycles. The van der Waals surface area contributed by atoms with Crippen LogP contribution in [-0.2, 0) is 13.0 Å². The largest absolute Gasteiger partial charge is 0.380 e. The van der Waals surface area contributed by atoms with Crippen LogP contribution in [0.4, 0.5) is 0 Å². The third-order valence-electron chi connectivity index (χ3n) is 5.22. The molecule has 0 fully saturated rings. The van der Waals surface area contributed by atoms with E-state index in [0.717, 1.165) is 24.3 Å². The molecule has 0 saturated carbocycles. The Morgan fingerprint density at radius 1 is 1.33 bits per heavy atom. The monoisotopic (exact) mass is 316 g/mol. The lowest BCUT2D eigenvalue weighted by Crippen LogP contribution is -2.30. The second-order valence-electron chi connectivity index (χ2n) is 6.95. The fourth-order valence-corrected chi connectivity index (χ4v) is 3.84. The first-order chi connectivity index (χ1) is 11.6. The Balaban J connectivity index is 1.63. The number of aryl methyl sites for hydroxylation is 2. The van der Waals surface area contributed by atoms with Crippen molar-refractivity contribution >= 4 is 27.0 Å². The van der Waals surface area contributed by atoms with Crippen LogP contribution in [-0.4, -0.2) is 35.2 Å². The van der Waals surface area contributed by atoms with Crippen molar-refractivity contribution in [2.24, 2.45) is 0 Å². The van der Waals surface area contributed by atoms with E-state index in [9.17, 15) is 0 Å². The number of imidazole rings is 1. The van der Waals surface area contributed by atoms with Crippen molar-refractivity contribution in [3.05, 3.63) is 59.2 Å². The standard InChI is InChI=1S/C18H22B2N4/c1-12-7-8-14-16(10-12)24(20)17(22-14)11-23(19)15-6-2-4-13-5-3-9-21-18(13)15/h3,5,7-10,15H,2,4,6,11,19-20H2,1H3. The minimum absolute atomic E-state index is 0.386. The van der Waals surface area contributed by atoms with E-state index in [4.69, 9.17) is 4.98 Å². The number of aromatic nitrogens is 3. The number of hydrogen-bond donors (Lipinski definition) is 0. The molecule has 6 heteroatoms. The van der Waals surface area contributed by atoms with Gasteiger partial charge in [-0.3, -0.25) is 4.98 Å². The molecule has 24 heavy (non-hydrogen) atoms. The van der Waals surface area contributed by atoms with Crippen molar-refractivity contribution < 1.29 is 0 Å². The van der Waals surface area contributed by atoms with Gasteiger partial charge < -0.3 is 9.29 Å². The molecule has 1 unspecified atom stereocenters. The van der Waals surface area contributed by atoms with Crippen molar-refractivity contribution in [1.29, 1.82) is 0 Å². The van der Waals surface area contributed by atoms with E-state index < -0.39 is 0 Å². The third-order valence-corrected chi connectivity index (χ3v) is 5.22. The Hall–Kier alpha value is -2.07. The number of pyridine rings is 1. The van der Waals surface area contributed by atoms with Gasteiger partial charge in [-0.2, -0.15) is 0 Å². The lowest BCUT2D eigenvalue weighted by molar-refractivity contribution is 0.289. The molecule has 1 aliphatic carbocycles. The van der Waals surface area contributed by atoms with Crippen LogP contribution in [0, 0.1) is 6.92 Å². The molecule has 0 bridgehead atoms. The van der Waals surface area contributed by atoms with Gasteiger partial charge in [0.25, 0.3) is 0 Å². The maximum absolute atomic E-state index is 4.85. The van der Waals surface area contributed by atoms with Gasteiger partial charge in [-0.15, -0.1) is 0 Å². The highest BCUT2D eigenvalue weighted by atomic mass is 15.1. The number of benzene rings is 1. The van der Waals surface area contributed by atoms with Crippen LogP contribution < -0.4 is 0 Å². The summed E-state index contributed by atoms with van der Waals surface area (Å²) in [4.78, 5) is 11.9. The first-order valence-corrected chi connectivity index (χ1v) is 8.69. The van der Waals surface area contributed by atoms with E-state index in [0.29, 0.717) is 6.04 Å². The number of hydrogen-bond acceptors (Lipinski definition) is 3. The van der Waals surface area contributed by atoms with Crippen LogP contribution in [0.1, 0.15) is 41.5 Å². The first-order valence-electron chi connectivity index (χ1n) is 8.69. The van der Waals surface area contributed by atoms with Crippen LogP contribution in [0.3, 0.4) is 0 Å². The number of fused-ring (bicyclic) bond motifs is 2. The van der Waals surface area contributed by atoms with Gasteiger partial charge in [-0.1, -0.05) is 12.1 Å². The minimum atomic E-state index is 0.386. The third kappa shape index (κ3) is 2.65. The molecule has 120 valence electrons. The van der Waals surface area contributed by atoms with Gasteiger partial charge >= 0.3 is 0 Å². The summed E-state index contributed by atoms with van der Waals surface area (Å²) in [6.07, 6.45) is 5.47. The maximum Gasteiger partial charge on any atom is 0.225 e. The zero-order valence-corrected chi connectivity index (χ0v) is 14.7. The van der Waals surface area contributed by atoms with E-state index in [1.807, 2.05) is 6.20 Å². The molecular formula is C18H22B2N4. The van der Waals surface area contributed by atoms with Gasteiger partial charge in [0.1, 0.15) is 5.82 Å². The predicted molar refractivity (Wildman–Crippen MR) is 102 cm³/mol. The van der Waals surface area contributed by atoms with Gasteiger partial charge in [0, 0.05) is 18.8 Å². The Morgan fingerprint density at radius 3 is 3.08 bits per heavy atom. The Bertz CT molecular complexity index is 890. The lowest BCUT2D eigenvalue weighted by atomic mass is 9.89. The predicted octanol–water partition coefficient (Wildman–Crippen LogP) is 1.56. The van der Waals surface area contributed by atoms with Crippen LogP contribution in [0.5, 0.6) is 0 Å². The summed E-state index contributed by atoms with van der Waals surface area (Å²) < 4.78 is 2.22. The Morgan fingerprint density at radius 2 is 2.21 bits per heavy atom. The first kappa shape index (κ1) is 15.5. The molecule has 2 heterocycles. The second kappa shape index (κ2) is 6.10. The Kier molecular flexibility index (Phi) is 3.93. The summed E-state index contributed by atoms with van der Waals surface area (Å²) in [5.41, 5.74) is 6.21. The smallest absolute Gasteiger partial charge is 0.225 e. The van der Waals surface area contributed by atoms with Gasteiger partial charge in [-0.05, 0) is 55.5 Å². The van der Waals surface area contributed by atoms with Gasteiger partial charge in [0.2, 0.25) is 7.98 Å². The molecule has 4 rings (SSSR count). The molecule has 0 spiro atoms. The van der Waals surface area contributed by atoms with Gasteiger partial charge in [0.15, 0.2) is 7.98 Å². The van der Waals surface area contributed by atoms with Crippen LogP contribution in [0.25, 0.3) is 11.0 Å². The molecule has 1 atom stereocenters. The van der Waals surface area contributed by atoms with Gasteiger partial charge in [-0.25, -0.2) is 4.98 Å². The van der Waals surface area contributed by atoms with Crippen LogP contribution in [0.15, 0.2) is 36.5 Å². The van der Waals surface area contributed by atoms with E-state index in [2.05, 4.69) is 67.5 Å². The molecule has 0 radical (unpaired) electrons. The van der Waals surface area contributed by atoms with Crippen LogP contribution >= 0.6 is 0 Å². The highest BCUT2D eigenvalue weighted by Crippen LogP contribution is 2.32. The topological polar surface area (TPSA) is 34.0 Å². The maximum atomic E-state index is 4.85. The molecule has 1 aliphatic rings. The van der Waals surface area contributed by atoms with Crippen molar-refractivity contribution in [1.82, 2.24) is 19.3 Å². The Labute approximate surface area is 144 Å². The second-order valence-corrected chi connectivity index (χ2v) is 6.95. The van der Waals surface area contributed by atoms with E-state index >= 15 is 0 Å². The van der Waals surface area contributed by atoms with E-state index in [-0.39, 0.29) is 0 Å². The van der Waals surface area contributed by atoms with Crippen molar-refractivity contribution in [2.45, 2.75) is 38.8 Å². The van der Waals surface area contributed by atoms with Crippen molar-refractivity contribution in [2.75, 3.05) is 0 Å². The highest BCUT2D eigenvalue weighted by molar-refractivity contribution is 6.11. The molecule has 0 N–H and O–H groups in total. The normalized spacial score (nSPS) is 17.3.